The SMILES string of the molecule is c1cc(C2=NCCN2)c2nc(CCN3CCOCC3)nn2c1. The molecule has 0 saturated carbocycles. The summed E-state index contributed by atoms with van der Waals surface area (Å²) in [6.45, 7) is 6.36. The second-order valence-electron chi connectivity index (χ2n) is 5.58. The molecule has 0 atom stereocenters. The van der Waals surface area contributed by atoms with E-state index in [2.05, 4.69) is 20.3 Å². The summed E-state index contributed by atoms with van der Waals surface area (Å²) in [5.74, 6) is 1.82. The van der Waals surface area contributed by atoms with E-state index in [9.17, 15) is 0 Å². The maximum atomic E-state index is 5.38. The van der Waals surface area contributed by atoms with Gasteiger partial charge in [0.05, 0.1) is 25.3 Å². The number of rotatable bonds is 4. The summed E-state index contributed by atoms with van der Waals surface area (Å²) in [5, 5.41) is 7.90. The molecule has 2 aromatic rings. The van der Waals surface area contributed by atoms with Gasteiger partial charge in [0.15, 0.2) is 11.5 Å². The molecule has 7 nitrogen and oxygen atoms in total. The fourth-order valence-electron chi connectivity index (χ4n) is 2.90. The zero-order chi connectivity index (χ0) is 14.8. The Morgan fingerprint density at radius 3 is 3.00 bits per heavy atom. The van der Waals surface area contributed by atoms with Gasteiger partial charge >= 0.3 is 0 Å². The first-order valence-corrected chi connectivity index (χ1v) is 7.83. The van der Waals surface area contributed by atoms with Crippen molar-refractivity contribution in [3.8, 4) is 0 Å². The molecule has 0 aliphatic carbocycles. The second-order valence-corrected chi connectivity index (χ2v) is 5.58. The van der Waals surface area contributed by atoms with E-state index in [4.69, 9.17) is 9.72 Å². The van der Waals surface area contributed by atoms with Crippen LogP contribution in [-0.4, -0.2) is 71.3 Å². The Morgan fingerprint density at radius 2 is 2.18 bits per heavy atom. The number of pyridine rings is 1. The predicted molar refractivity (Wildman–Crippen MR) is 83.4 cm³/mol. The first kappa shape index (κ1) is 13.7. The number of nitrogens with zero attached hydrogens (tertiary/aromatic N) is 5. The van der Waals surface area contributed by atoms with E-state index in [0.717, 1.165) is 75.2 Å². The van der Waals surface area contributed by atoms with Gasteiger partial charge in [-0.3, -0.25) is 9.89 Å². The minimum Gasteiger partial charge on any atom is -0.379 e. The van der Waals surface area contributed by atoms with Gasteiger partial charge in [-0.25, -0.2) is 9.50 Å². The van der Waals surface area contributed by atoms with Gasteiger partial charge in [0.25, 0.3) is 0 Å². The van der Waals surface area contributed by atoms with Crippen LogP contribution in [0, 0.1) is 0 Å². The summed E-state index contributed by atoms with van der Waals surface area (Å²) in [4.78, 5) is 11.6. The van der Waals surface area contributed by atoms with Crippen LogP contribution in [0.3, 0.4) is 0 Å². The molecule has 0 spiro atoms. The summed E-state index contributed by atoms with van der Waals surface area (Å²) in [7, 11) is 0. The largest absolute Gasteiger partial charge is 0.379 e. The number of ether oxygens (including phenoxy) is 1. The lowest BCUT2D eigenvalue weighted by Gasteiger charge is -2.25. The molecule has 0 bridgehead atoms. The highest BCUT2D eigenvalue weighted by atomic mass is 16.5. The molecule has 1 N–H and O–H groups in total. The molecule has 2 aliphatic rings. The normalized spacial score (nSPS) is 19.4. The molecular formula is C15H20N6O. The van der Waals surface area contributed by atoms with Crippen LogP contribution >= 0.6 is 0 Å². The molecule has 116 valence electrons. The Labute approximate surface area is 129 Å². The molecule has 2 aliphatic heterocycles. The third kappa shape index (κ3) is 2.69. The number of hydrogen-bond donors (Lipinski definition) is 1. The quantitative estimate of drug-likeness (QED) is 0.858. The summed E-state index contributed by atoms with van der Waals surface area (Å²) >= 11 is 0. The molecule has 0 aromatic carbocycles. The van der Waals surface area contributed by atoms with Crippen molar-refractivity contribution >= 4 is 11.5 Å². The van der Waals surface area contributed by atoms with E-state index in [1.165, 1.54) is 0 Å². The number of amidine groups is 1. The third-order valence-corrected chi connectivity index (χ3v) is 4.09. The predicted octanol–water partition coefficient (Wildman–Crippen LogP) is -0.0462. The highest BCUT2D eigenvalue weighted by molar-refractivity contribution is 6.04. The van der Waals surface area contributed by atoms with Crippen LogP contribution in [0.5, 0.6) is 0 Å². The van der Waals surface area contributed by atoms with E-state index in [1.54, 1.807) is 0 Å². The van der Waals surface area contributed by atoms with Gasteiger partial charge in [0, 0.05) is 38.8 Å². The summed E-state index contributed by atoms with van der Waals surface area (Å²) in [6.07, 6.45) is 2.81. The van der Waals surface area contributed by atoms with Crippen molar-refractivity contribution in [3.63, 3.8) is 0 Å². The average Bonchev–Trinajstić information content (AvgIpc) is 3.22. The van der Waals surface area contributed by atoms with Crippen molar-refractivity contribution in [2.24, 2.45) is 4.99 Å². The van der Waals surface area contributed by atoms with E-state index >= 15 is 0 Å². The van der Waals surface area contributed by atoms with Crippen molar-refractivity contribution in [1.29, 1.82) is 0 Å². The van der Waals surface area contributed by atoms with Gasteiger partial charge in [0.2, 0.25) is 0 Å². The molecule has 4 heterocycles. The molecule has 0 amide bonds. The lowest BCUT2D eigenvalue weighted by atomic mass is 10.2. The minimum atomic E-state index is 0.828. The molecule has 0 unspecified atom stereocenters. The number of fused-ring (bicyclic) bond motifs is 1. The smallest absolute Gasteiger partial charge is 0.166 e. The van der Waals surface area contributed by atoms with E-state index in [1.807, 2.05) is 22.8 Å². The topological polar surface area (TPSA) is 67.0 Å². The average molecular weight is 300 g/mol. The van der Waals surface area contributed by atoms with Crippen molar-refractivity contribution in [1.82, 2.24) is 24.8 Å². The van der Waals surface area contributed by atoms with Crippen molar-refractivity contribution < 1.29 is 4.74 Å². The van der Waals surface area contributed by atoms with Crippen LogP contribution < -0.4 is 5.32 Å². The fourth-order valence-corrected chi connectivity index (χ4v) is 2.90. The molecule has 7 heteroatoms. The first-order chi connectivity index (χ1) is 10.9. The molecular weight excluding hydrogens is 280 g/mol. The second kappa shape index (κ2) is 6.02. The minimum absolute atomic E-state index is 0.828. The summed E-state index contributed by atoms with van der Waals surface area (Å²) in [6, 6.07) is 4.04. The number of hydrogen-bond acceptors (Lipinski definition) is 6. The fraction of sp³-hybridized carbons (Fsp3) is 0.533. The monoisotopic (exact) mass is 300 g/mol. The Morgan fingerprint density at radius 1 is 1.27 bits per heavy atom. The maximum absolute atomic E-state index is 5.38. The zero-order valence-electron chi connectivity index (χ0n) is 12.5. The number of morpholine rings is 1. The maximum Gasteiger partial charge on any atom is 0.166 e. The Bertz CT molecular complexity index is 688. The number of aromatic nitrogens is 3. The third-order valence-electron chi connectivity index (χ3n) is 4.09. The van der Waals surface area contributed by atoms with Crippen LogP contribution in [0.25, 0.3) is 5.65 Å². The van der Waals surface area contributed by atoms with Gasteiger partial charge < -0.3 is 10.1 Å². The number of aliphatic imine (C=N–C) groups is 1. The lowest BCUT2D eigenvalue weighted by Crippen LogP contribution is -2.37. The van der Waals surface area contributed by atoms with Gasteiger partial charge in [-0.2, -0.15) is 5.10 Å². The highest BCUT2D eigenvalue weighted by Gasteiger charge is 2.16. The summed E-state index contributed by atoms with van der Waals surface area (Å²) < 4.78 is 7.23. The van der Waals surface area contributed by atoms with Crippen molar-refractivity contribution in [2.75, 3.05) is 45.9 Å². The van der Waals surface area contributed by atoms with E-state index in [0.29, 0.717) is 0 Å². The molecule has 2 aromatic heterocycles. The van der Waals surface area contributed by atoms with Crippen LogP contribution in [-0.2, 0) is 11.2 Å². The van der Waals surface area contributed by atoms with Gasteiger partial charge in [-0.15, -0.1) is 0 Å². The van der Waals surface area contributed by atoms with Crippen molar-refractivity contribution in [2.45, 2.75) is 6.42 Å². The lowest BCUT2D eigenvalue weighted by molar-refractivity contribution is 0.0382. The molecule has 0 radical (unpaired) electrons. The summed E-state index contributed by atoms with van der Waals surface area (Å²) in [5.41, 5.74) is 1.91. The molecule has 4 rings (SSSR count). The van der Waals surface area contributed by atoms with Crippen LogP contribution in [0.4, 0.5) is 0 Å². The van der Waals surface area contributed by atoms with Crippen LogP contribution in [0.1, 0.15) is 11.4 Å². The Kier molecular flexibility index (Phi) is 3.74. The van der Waals surface area contributed by atoms with Gasteiger partial charge in [0.1, 0.15) is 5.84 Å². The standard InChI is InChI=1S/C15H20N6O/c1-2-12(14-16-4-5-17-14)15-18-13(19-21(15)6-1)3-7-20-8-10-22-11-9-20/h1-2,6H,3-5,7-11H2,(H,16,17). The van der Waals surface area contributed by atoms with Crippen molar-refractivity contribution in [3.05, 3.63) is 29.7 Å². The van der Waals surface area contributed by atoms with E-state index < -0.39 is 0 Å². The zero-order valence-corrected chi connectivity index (χ0v) is 12.5. The van der Waals surface area contributed by atoms with Gasteiger partial charge in [-0.1, -0.05) is 0 Å². The molecule has 1 saturated heterocycles. The van der Waals surface area contributed by atoms with E-state index in [-0.39, 0.29) is 0 Å². The Balaban J connectivity index is 1.54. The Hall–Kier alpha value is -1.99. The van der Waals surface area contributed by atoms with Gasteiger partial charge in [-0.05, 0) is 12.1 Å². The van der Waals surface area contributed by atoms with Crippen LogP contribution in [0.15, 0.2) is 23.3 Å². The molecule has 22 heavy (non-hydrogen) atoms. The van der Waals surface area contributed by atoms with Crippen LogP contribution in [0.2, 0.25) is 0 Å². The number of nitrogens with one attached hydrogen (secondary N) is 1. The first-order valence-electron chi connectivity index (χ1n) is 7.83. The molecule has 1 fully saturated rings. The highest BCUT2D eigenvalue weighted by Crippen LogP contribution is 2.11.